The van der Waals surface area contributed by atoms with Gasteiger partial charge in [-0.15, -0.1) is 10.2 Å². The van der Waals surface area contributed by atoms with Crippen molar-refractivity contribution in [2.45, 2.75) is 36.8 Å². The third-order valence-electron chi connectivity index (χ3n) is 6.48. The number of piperazine rings is 1. The predicted octanol–water partition coefficient (Wildman–Crippen LogP) is 2.00. The van der Waals surface area contributed by atoms with Crippen LogP contribution in [0.25, 0.3) is 5.69 Å². The quantitative estimate of drug-likeness (QED) is 0.596. The lowest BCUT2D eigenvalue weighted by atomic mass is 10.3. The zero-order valence-electron chi connectivity index (χ0n) is 18.4. The fraction of sp³-hybridized carbons (Fsp3) is 0.565. The molecule has 5 rings (SSSR count). The molecular formula is C23H30N6O2S. The molecule has 170 valence electrons. The number of hydrogen-bond donors (Lipinski definition) is 0. The van der Waals surface area contributed by atoms with Gasteiger partial charge in [-0.25, -0.2) is 0 Å². The lowest BCUT2D eigenvalue weighted by Gasteiger charge is -2.35. The van der Waals surface area contributed by atoms with E-state index in [0.717, 1.165) is 68.5 Å². The van der Waals surface area contributed by atoms with Gasteiger partial charge in [0.2, 0.25) is 11.8 Å². The summed E-state index contributed by atoms with van der Waals surface area (Å²) in [5.41, 5.74) is 1.05. The second kappa shape index (κ2) is 9.62. The minimum atomic E-state index is 0.121. The number of benzene rings is 1. The lowest BCUT2D eigenvalue weighted by Crippen LogP contribution is -2.51. The van der Waals surface area contributed by atoms with E-state index in [0.29, 0.717) is 31.3 Å². The van der Waals surface area contributed by atoms with Crippen molar-refractivity contribution in [2.75, 3.05) is 51.6 Å². The third kappa shape index (κ3) is 4.83. The number of carbonyl (C=O) groups is 2. The van der Waals surface area contributed by atoms with Crippen LogP contribution in [0.3, 0.4) is 0 Å². The smallest absolute Gasteiger partial charge is 0.236 e. The van der Waals surface area contributed by atoms with Crippen molar-refractivity contribution in [1.82, 2.24) is 29.5 Å². The summed E-state index contributed by atoms with van der Waals surface area (Å²) < 4.78 is 2.11. The molecule has 1 aromatic carbocycles. The maximum Gasteiger partial charge on any atom is 0.236 e. The third-order valence-corrected chi connectivity index (χ3v) is 7.40. The summed E-state index contributed by atoms with van der Waals surface area (Å²) in [4.78, 5) is 31.3. The highest BCUT2D eigenvalue weighted by Crippen LogP contribution is 2.41. The van der Waals surface area contributed by atoms with Gasteiger partial charge < -0.3 is 9.80 Å². The van der Waals surface area contributed by atoms with Crippen molar-refractivity contribution < 1.29 is 9.59 Å². The largest absolute Gasteiger partial charge is 0.342 e. The number of amides is 2. The lowest BCUT2D eigenvalue weighted by molar-refractivity contribution is -0.133. The molecule has 2 aromatic rings. The Bertz CT molecular complexity index is 947. The van der Waals surface area contributed by atoms with E-state index in [-0.39, 0.29) is 11.8 Å². The fourth-order valence-corrected chi connectivity index (χ4v) is 5.29. The molecule has 8 nitrogen and oxygen atoms in total. The SMILES string of the molecule is O=C(CSc1nnc(C2CC2)n1-c1ccccc1)N1CCN(CC(=O)N2CCCC2)CC1. The van der Waals surface area contributed by atoms with Gasteiger partial charge in [0.15, 0.2) is 5.16 Å². The van der Waals surface area contributed by atoms with Gasteiger partial charge in [0.25, 0.3) is 0 Å². The van der Waals surface area contributed by atoms with Crippen molar-refractivity contribution in [3.8, 4) is 5.69 Å². The van der Waals surface area contributed by atoms with E-state index in [2.05, 4.69) is 31.8 Å². The minimum absolute atomic E-state index is 0.121. The molecule has 2 amide bonds. The monoisotopic (exact) mass is 454 g/mol. The predicted molar refractivity (Wildman–Crippen MR) is 123 cm³/mol. The molecule has 32 heavy (non-hydrogen) atoms. The molecule has 9 heteroatoms. The van der Waals surface area contributed by atoms with Crippen molar-refractivity contribution in [1.29, 1.82) is 0 Å². The molecule has 3 fully saturated rings. The highest BCUT2D eigenvalue weighted by molar-refractivity contribution is 7.99. The summed E-state index contributed by atoms with van der Waals surface area (Å²) in [5, 5.41) is 9.63. The molecule has 3 heterocycles. The average molecular weight is 455 g/mol. The van der Waals surface area contributed by atoms with Crippen molar-refractivity contribution >= 4 is 23.6 Å². The van der Waals surface area contributed by atoms with Crippen LogP contribution in [0.1, 0.15) is 37.4 Å². The van der Waals surface area contributed by atoms with Crippen molar-refractivity contribution in [3.63, 3.8) is 0 Å². The Morgan fingerprint density at radius 3 is 2.25 bits per heavy atom. The zero-order valence-corrected chi connectivity index (χ0v) is 19.2. The number of para-hydroxylation sites is 1. The fourth-order valence-electron chi connectivity index (χ4n) is 4.43. The van der Waals surface area contributed by atoms with E-state index >= 15 is 0 Å². The van der Waals surface area contributed by atoms with E-state index in [9.17, 15) is 9.59 Å². The van der Waals surface area contributed by atoms with E-state index in [1.807, 2.05) is 28.0 Å². The molecule has 1 aromatic heterocycles. The summed E-state index contributed by atoms with van der Waals surface area (Å²) in [6, 6.07) is 10.1. The van der Waals surface area contributed by atoms with Gasteiger partial charge in [-0.3, -0.25) is 19.1 Å². The van der Waals surface area contributed by atoms with Gasteiger partial charge in [-0.2, -0.15) is 0 Å². The number of thioether (sulfide) groups is 1. The molecule has 2 aliphatic heterocycles. The molecule has 1 aliphatic carbocycles. The molecule has 2 saturated heterocycles. The van der Waals surface area contributed by atoms with Crippen LogP contribution in [0.4, 0.5) is 0 Å². The number of carbonyl (C=O) groups excluding carboxylic acids is 2. The zero-order chi connectivity index (χ0) is 21.9. The van der Waals surface area contributed by atoms with Crippen LogP contribution in [-0.4, -0.2) is 92.8 Å². The van der Waals surface area contributed by atoms with Gasteiger partial charge in [-0.05, 0) is 37.8 Å². The Morgan fingerprint density at radius 1 is 0.875 bits per heavy atom. The van der Waals surface area contributed by atoms with Crippen LogP contribution in [0, 0.1) is 0 Å². The Kier molecular flexibility index (Phi) is 6.45. The Labute approximate surface area is 192 Å². The summed E-state index contributed by atoms with van der Waals surface area (Å²) in [6.07, 6.45) is 4.54. The van der Waals surface area contributed by atoms with E-state index in [1.54, 1.807) is 0 Å². The standard InChI is InChI=1S/C23H30N6O2S/c30-20(27-10-4-5-11-27)16-26-12-14-28(15-13-26)21(31)17-32-23-25-24-22(18-8-9-18)29(23)19-6-2-1-3-7-19/h1-3,6-7,18H,4-5,8-17H2. The Hall–Kier alpha value is -2.39. The molecule has 1 saturated carbocycles. The van der Waals surface area contributed by atoms with Gasteiger partial charge >= 0.3 is 0 Å². The van der Waals surface area contributed by atoms with Gasteiger partial charge in [-0.1, -0.05) is 30.0 Å². The molecule has 0 bridgehead atoms. The van der Waals surface area contributed by atoms with Crippen LogP contribution in [-0.2, 0) is 9.59 Å². The van der Waals surface area contributed by atoms with Crippen LogP contribution in [0.2, 0.25) is 0 Å². The van der Waals surface area contributed by atoms with Gasteiger partial charge in [0.05, 0.1) is 12.3 Å². The topological polar surface area (TPSA) is 74.6 Å². The maximum atomic E-state index is 12.9. The number of rotatable bonds is 7. The van der Waals surface area contributed by atoms with E-state index in [4.69, 9.17) is 0 Å². The van der Waals surface area contributed by atoms with Crippen LogP contribution in [0.15, 0.2) is 35.5 Å². The average Bonchev–Trinajstić information content (AvgIpc) is 3.34. The normalized spacial score (nSPS) is 19.5. The Morgan fingerprint density at radius 2 is 1.56 bits per heavy atom. The first-order chi connectivity index (χ1) is 15.7. The maximum absolute atomic E-state index is 12.9. The summed E-state index contributed by atoms with van der Waals surface area (Å²) in [6.45, 7) is 5.11. The number of hydrogen-bond acceptors (Lipinski definition) is 6. The summed E-state index contributed by atoms with van der Waals surface area (Å²) in [7, 11) is 0. The molecule has 0 atom stereocenters. The van der Waals surface area contributed by atoms with Crippen LogP contribution < -0.4 is 0 Å². The van der Waals surface area contributed by atoms with E-state index < -0.39 is 0 Å². The first-order valence-corrected chi connectivity index (χ1v) is 12.6. The number of likely N-dealkylation sites (tertiary alicyclic amines) is 1. The van der Waals surface area contributed by atoms with Crippen molar-refractivity contribution in [2.24, 2.45) is 0 Å². The molecule has 0 N–H and O–H groups in total. The van der Waals surface area contributed by atoms with E-state index in [1.165, 1.54) is 11.8 Å². The Balaban J connectivity index is 1.15. The van der Waals surface area contributed by atoms with Crippen LogP contribution in [0.5, 0.6) is 0 Å². The van der Waals surface area contributed by atoms with Gasteiger partial charge in [0.1, 0.15) is 5.82 Å². The number of nitrogens with zero attached hydrogens (tertiary/aromatic N) is 6. The molecule has 3 aliphatic rings. The summed E-state index contributed by atoms with van der Waals surface area (Å²) >= 11 is 1.46. The first kappa shape index (κ1) is 21.5. The molecular weight excluding hydrogens is 424 g/mol. The second-order valence-corrected chi connectivity index (χ2v) is 9.76. The molecule has 0 spiro atoms. The summed E-state index contributed by atoms with van der Waals surface area (Å²) in [5.74, 6) is 2.18. The van der Waals surface area contributed by atoms with Gasteiger partial charge in [0, 0.05) is 50.9 Å². The van der Waals surface area contributed by atoms with Crippen molar-refractivity contribution in [3.05, 3.63) is 36.2 Å². The second-order valence-electron chi connectivity index (χ2n) is 8.82. The molecule has 0 radical (unpaired) electrons. The first-order valence-electron chi connectivity index (χ1n) is 11.6. The van der Waals surface area contributed by atoms with Crippen LogP contribution >= 0.6 is 11.8 Å². The molecule has 0 unspecified atom stereocenters. The highest BCUT2D eigenvalue weighted by Gasteiger charge is 2.31. The highest BCUT2D eigenvalue weighted by atomic mass is 32.2. The number of aromatic nitrogens is 3. The minimum Gasteiger partial charge on any atom is -0.342 e.